The Kier molecular flexibility index (Phi) is 21.5. The summed E-state index contributed by atoms with van der Waals surface area (Å²) in [6.07, 6.45) is 0. The fourth-order valence-electron chi connectivity index (χ4n) is 2.25. The molecular formula is C14H17Cl12NaO4S. The molecule has 32 heavy (non-hydrogen) atoms. The van der Waals surface area contributed by atoms with Gasteiger partial charge in [0.2, 0.25) is 10.4 Å². The van der Waals surface area contributed by atoms with E-state index in [4.69, 9.17) is 139 Å². The molecule has 0 aromatic heterocycles. The Morgan fingerprint density at radius 2 is 0.656 bits per heavy atom. The molecule has 0 aromatic rings. The summed E-state index contributed by atoms with van der Waals surface area (Å²) < 4.78 is 32.0. The summed E-state index contributed by atoms with van der Waals surface area (Å²) in [5.74, 6) is 0. The summed E-state index contributed by atoms with van der Waals surface area (Å²) in [6.45, 7) is 1.33. The molecule has 0 spiro atoms. The third-order valence-corrected chi connectivity index (χ3v) is 12.5. The minimum absolute atomic E-state index is 0. The third-order valence-electron chi connectivity index (χ3n) is 3.91. The van der Waals surface area contributed by atoms with Crippen LogP contribution in [0.3, 0.4) is 0 Å². The van der Waals surface area contributed by atoms with Crippen molar-refractivity contribution in [3.63, 3.8) is 0 Å². The first-order valence-electron chi connectivity index (χ1n) is 8.28. The molecule has 0 atom stereocenters. The second-order valence-electron chi connectivity index (χ2n) is 6.15. The van der Waals surface area contributed by atoms with Gasteiger partial charge in [0.25, 0.3) is 0 Å². The van der Waals surface area contributed by atoms with E-state index in [-0.39, 0.29) is 36.2 Å². The Morgan fingerprint density at radius 1 is 0.531 bits per heavy atom. The SMILES string of the molecule is CCOS(=O)(=O)[O-].Cl[C@H]1[C@H](Cl)[C@@H](Cl)[C@@H](Cl)[C@H](Cl)[C@H]1Cl.Cl[C@H]1[C@H](Cl)[C@@H](Cl)[C@@H](Cl)[C@H](Cl)[C@H]1Cl.[Na+]. The summed E-state index contributed by atoms with van der Waals surface area (Å²) in [5.41, 5.74) is 0. The van der Waals surface area contributed by atoms with Crippen LogP contribution in [0.2, 0.25) is 0 Å². The minimum Gasteiger partial charge on any atom is -0.726 e. The van der Waals surface area contributed by atoms with E-state index < -0.39 is 74.9 Å². The zero-order valence-corrected chi connectivity index (χ0v) is 28.1. The second-order valence-corrected chi connectivity index (χ2v) is 13.2. The maximum absolute atomic E-state index is 9.45. The van der Waals surface area contributed by atoms with E-state index in [9.17, 15) is 13.0 Å². The Balaban J connectivity index is 0. The summed E-state index contributed by atoms with van der Waals surface area (Å²) in [5, 5.41) is -5.24. The molecule has 18 heteroatoms. The molecule has 2 rings (SSSR count). The van der Waals surface area contributed by atoms with Crippen LogP contribution < -0.4 is 29.6 Å². The molecule has 0 heterocycles. The first-order chi connectivity index (χ1) is 14.0. The average Bonchev–Trinajstić information content (AvgIpc) is 2.70. The van der Waals surface area contributed by atoms with Crippen LogP contribution in [0.1, 0.15) is 6.92 Å². The van der Waals surface area contributed by atoms with Crippen LogP contribution in [0, 0.1) is 0 Å². The predicted molar refractivity (Wildman–Crippen MR) is 137 cm³/mol. The zero-order chi connectivity index (χ0) is 24.8. The van der Waals surface area contributed by atoms with Crippen LogP contribution in [0.25, 0.3) is 0 Å². The van der Waals surface area contributed by atoms with Gasteiger partial charge in [-0.2, -0.15) is 0 Å². The standard InChI is InChI=1S/2C6H6Cl6.C2H6O4S.Na/c2*7-1-2(8)4(10)6(12)5(11)3(1)9;1-2-6-7(3,4)5;/h2*1-6H;2H2,1H3,(H,3,4,5);/q;;;+1/p-1/t2*1-,2-,3-,4+,5+,6+;;. The van der Waals surface area contributed by atoms with Crippen LogP contribution in [-0.4, -0.2) is 84.1 Å². The van der Waals surface area contributed by atoms with E-state index in [1.54, 1.807) is 0 Å². The topological polar surface area (TPSA) is 66.4 Å². The van der Waals surface area contributed by atoms with Crippen LogP contribution in [-0.2, 0) is 14.6 Å². The molecule has 0 N–H and O–H groups in total. The Morgan fingerprint density at radius 3 is 0.688 bits per heavy atom. The average molecular weight is 730 g/mol. The van der Waals surface area contributed by atoms with Crippen molar-refractivity contribution in [2.75, 3.05) is 6.61 Å². The Hall–Kier alpha value is 4.35. The quantitative estimate of drug-likeness (QED) is 0.188. The molecule has 2 aliphatic carbocycles. The monoisotopic (exact) mass is 724 g/mol. The summed E-state index contributed by atoms with van der Waals surface area (Å²) in [4.78, 5) is 0. The molecule has 0 amide bonds. The van der Waals surface area contributed by atoms with E-state index in [0.717, 1.165) is 0 Å². The molecule has 0 radical (unpaired) electrons. The van der Waals surface area contributed by atoms with Gasteiger partial charge < -0.3 is 4.55 Å². The fourth-order valence-corrected chi connectivity index (χ4v) is 7.20. The van der Waals surface area contributed by atoms with Crippen LogP contribution >= 0.6 is 139 Å². The van der Waals surface area contributed by atoms with Gasteiger partial charge in [-0.3, -0.25) is 4.18 Å². The van der Waals surface area contributed by atoms with Crippen LogP contribution in [0.15, 0.2) is 0 Å². The molecule has 2 fully saturated rings. The van der Waals surface area contributed by atoms with Gasteiger partial charge in [0.15, 0.2) is 0 Å². The molecule has 0 aromatic carbocycles. The molecule has 2 saturated carbocycles. The van der Waals surface area contributed by atoms with Gasteiger partial charge in [-0.1, -0.05) is 0 Å². The molecule has 0 saturated heterocycles. The van der Waals surface area contributed by atoms with Crippen molar-refractivity contribution in [3.8, 4) is 0 Å². The number of hydrogen-bond acceptors (Lipinski definition) is 4. The molecule has 188 valence electrons. The van der Waals surface area contributed by atoms with Crippen LogP contribution in [0.4, 0.5) is 0 Å². The summed E-state index contributed by atoms with van der Waals surface area (Å²) in [6, 6.07) is 0. The molecular weight excluding hydrogens is 713 g/mol. The first kappa shape index (κ1) is 38.5. The van der Waals surface area contributed by atoms with Crippen molar-refractivity contribution in [2.24, 2.45) is 0 Å². The smallest absolute Gasteiger partial charge is 0.726 e. The van der Waals surface area contributed by atoms with Gasteiger partial charge in [-0.05, 0) is 6.92 Å². The number of alkyl halides is 12. The van der Waals surface area contributed by atoms with Gasteiger partial charge in [-0.15, -0.1) is 139 Å². The van der Waals surface area contributed by atoms with Crippen molar-refractivity contribution in [2.45, 2.75) is 71.4 Å². The van der Waals surface area contributed by atoms with Crippen molar-refractivity contribution in [1.82, 2.24) is 0 Å². The normalized spacial score (nSPS) is 44.2. The maximum atomic E-state index is 9.45. The van der Waals surface area contributed by atoms with Gasteiger partial charge in [-0.25, -0.2) is 8.42 Å². The summed E-state index contributed by atoms with van der Waals surface area (Å²) in [7, 11) is -4.42. The van der Waals surface area contributed by atoms with E-state index in [2.05, 4.69) is 4.18 Å². The maximum Gasteiger partial charge on any atom is 1.00 e. The van der Waals surface area contributed by atoms with Crippen molar-refractivity contribution >= 4 is 150 Å². The van der Waals surface area contributed by atoms with Crippen LogP contribution in [0.5, 0.6) is 0 Å². The predicted octanol–water partition coefficient (Wildman–Crippen LogP) is 3.78. The third kappa shape index (κ3) is 12.0. The Bertz CT molecular complexity index is 484. The molecule has 0 unspecified atom stereocenters. The second kappa shape index (κ2) is 17.8. The number of halogens is 12. The van der Waals surface area contributed by atoms with Crippen molar-refractivity contribution in [1.29, 1.82) is 0 Å². The molecule has 4 nitrogen and oxygen atoms in total. The largest absolute Gasteiger partial charge is 1.00 e. The van der Waals surface area contributed by atoms with Gasteiger partial charge >= 0.3 is 29.6 Å². The molecule has 0 bridgehead atoms. The van der Waals surface area contributed by atoms with E-state index in [1.807, 2.05) is 0 Å². The van der Waals surface area contributed by atoms with Crippen molar-refractivity contribution in [3.05, 3.63) is 0 Å². The number of rotatable bonds is 2. The fraction of sp³-hybridized carbons (Fsp3) is 1.00. The van der Waals surface area contributed by atoms with Gasteiger partial charge in [0, 0.05) is 0 Å². The Labute approximate surface area is 270 Å². The minimum atomic E-state index is -4.42. The molecule has 0 aliphatic heterocycles. The van der Waals surface area contributed by atoms with E-state index in [1.165, 1.54) is 6.92 Å². The zero-order valence-electron chi connectivity index (χ0n) is 16.2. The van der Waals surface area contributed by atoms with Gasteiger partial charge in [0.1, 0.15) is 0 Å². The van der Waals surface area contributed by atoms with E-state index in [0.29, 0.717) is 0 Å². The summed E-state index contributed by atoms with van der Waals surface area (Å²) >= 11 is 70.6. The van der Waals surface area contributed by atoms with Crippen molar-refractivity contribution < 1.29 is 46.7 Å². The molecule has 2 aliphatic rings. The van der Waals surface area contributed by atoms with E-state index >= 15 is 0 Å². The first-order valence-corrected chi connectivity index (χ1v) is 14.9. The number of hydrogen-bond donors (Lipinski definition) is 0. The van der Waals surface area contributed by atoms with Gasteiger partial charge in [0.05, 0.1) is 71.1 Å².